The highest BCUT2D eigenvalue weighted by Gasteiger charge is 2.21. The second kappa shape index (κ2) is 4.74. The Kier molecular flexibility index (Phi) is 4.68. The normalized spacial score (nSPS) is 33.3. The monoisotopic (exact) mass is 133 g/mol. The van der Waals surface area contributed by atoms with Crippen molar-refractivity contribution in [2.24, 2.45) is 5.92 Å². The third-order valence-corrected chi connectivity index (χ3v) is 1.42. The predicted octanol–water partition coefficient (Wildman–Crippen LogP) is 1.59. The lowest BCUT2D eigenvalue weighted by Crippen LogP contribution is -2.08. The molecule has 0 amide bonds. The van der Waals surface area contributed by atoms with Gasteiger partial charge in [0.15, 0.2) is 0 Å². The molecule has 9 heavy (non-hydrogen) atoms. The summed E-state index contributed by atoms with van der Waals surface area (Å²) in [6, 6.07) is 0. The third kappa shape index (κ3) is 2.80. The maximum Gasteiger partial charge on any atom is 0.116 e. The molecule has 2 heteroatoms. The molecule has 0 aromatic heterocycles. The molecule has 0 aromatic carbocycles. The second-order valence-corrected chi connectivity index (χ2v) is 2.15. The molecule has 1 nitrogen and oxygen atoms in total. The van der Waals surface area contributed by atoms with Crippen molar-refractivity contribution in [2.75, 3.05) is 13.1 Å². The first-order valence-corrected chi connectivity index (χ1v) is 3.65. The van der Waals surface area contributed by atoms with Crippen LogP contribution >= 0.6 is 0 Å². The summed E-state index contributed by atoms with van der Waals surface area (Å²) in [6.07, 6.45) is -0.597. The predicted molar refractivity (Wildman–Crippen MR) is 38.3 cm³/mol. The standard InChI is InChI=1S/C5H10FN.C2H6/c1-4-2-7-3-5(4)6;1-2/h4-5,7H,2-3H2,1H3;1-2H3. The van der Waals surface area contributed by atoms with Gasteiger partial charge in [0, 0.05) is 19.0 Å². The minimum Gasteiger partial charge on any atom is -0.313 e. The van der Waals surface area contributed by atoms with E-state index in [1.807, 2.05) is 20.8 Å². The maximum atomic E-state index is 12.3. The highest BCUT2D eigenvalue weighted by Crippen LogP contribution is 2.09. The summed E-state index contributed by atoms with van der Waals surface area (Å²) in [5, 5.41) is 2.95. The molecule has 1 aliphatic heterocycles. The average molecular weight is 133 g/mol. The van der Waals surface area contributed by atoms with E-state index in [2.05, 4.69) is 5.32 Å². The van der Waals surface area contributed by atoms with Gasteiger partial charge in [-0.25, -0.2) is 4.39 Å². The minimum absolute atomic E-state index is 0.236. The van der Waals surface area contributed by atoms with Crippen LogP contribution in [0.5, 0.6) is 0 Å². The summed E-state index contributed by atoms with van der Waals surface area (Å²) >= 11 is 0. The Balaban J connectivity index is 0.000000291. The van der Waals surface area contributed by atoms with Gasteiger partial charge in [-0.3, -0.25) is 0 Å². The molecule has 0 saturated carbocycles. The van der Waals surface area contributed by atoms with Crippen molar-refractivity contribution in [2.45, 2.75) is 26.9 Å². The molecule has 1 heterocycles. The molecular weight excluding hydrogens is 117 g/mol. The van der Waals surface area contributed by atoms with Crippen LogP contribution in [0.1, 0.15) is 20.8 Å². The van der Waals surface area contributed by atoms with Crippen LogP contribution < -0.4 is 5.32 Å². The van der Waals surface area contributed by atoms with Gasteiger partial charge >= 0.3 is 0 Å². The molecule has 1 aliphatic rings. The van der Waals surface area contributed by atoms with E-state index >= 15 is 0 Å². The van der Waals surface area contributed by atoms with E-state index in [4.69, 9.17) is 0 Å². The summed E-state index contributed by atoms with van der Waals surface area (Å²) in [6.45, 7) is 7.33. The van der Waals surface area contributed by atoms with Crippen molar-refractivity contribution >= 4 is 0 Å². The van der Waals surface area contributed by atoms with Crippen LogP contribution in [0.25, 0.3) is 0 Å². The van der Waals surface area contributed by atoms with Crippen molar-refractivity contribution in [1.29, 1.82) is 0 Å². The fraction of sp³-hybridized carbons (Fsp3) is 1.00. The van der Waals surface area contributed by atoms with E-state index in [0.717, 1.165) is 6.54 Å². The molecule has 0 radical (unpaired) electrons. The zero-order valence-electron chi connectivity index (χ0n) is 6.45. The van der Waals surface area contributed by atoms with Gasteiger partial charge in [0.05, 0.1) is 0 Å². The van der Waals surface area contributed by atoms with Crippen molar-refractivity contribution in [1.82, 2.24) is 5.32 Å². The van der Waals surface area contributed by atoms with E-state index in [9.17, 15) is 4.39 Å². The maximum absolute atomic E-state index is 12.3. The second-order valence-electron chi connectivity index (χ2n) is 2.15. The summed E-state index contributed by atoms with van der Waals surface area (Å²) < 4.78 is 12.3. The molecule has 0 spiro atoms. The fourth-order valence-electron chi connectivity index (χ4n) is 0.778. The Hall–Kier alpha value is -0.110. The molecule has 2 atom stereocenters. The Morgan fingerprint density at radius 3 is 2.00 bits per heavy atom. The number of nitrogens with one attached hydrogen (secondary N) is 1. The van der Waals surface area contributed by atoms with Gasteiger partial charge in [-0.05, 0) is 0 Å². The van der Waals surface area contributed by atoms with Crippen LogP contribution in [0.15, 0.2) is 0 Å². The van der Waals surface area contributed by atoms with Crippen LogP contribution in [0.3, 0.4) is 0 Å². The summed E-state index contributed by atoms with van der Waals surface area (Å²) in [5.74, 6) is 0.236. The van der Waals surface area contributed by atoms with Gasteiger partial charge in [-0.15, -0.1) is 0 Å². The Morgan fingerprint density at radius 1 is 1.33 bits per heavy atom. The largest absolute Gasteiger partial charge is 0.313 e. The highest BCUT2D eigenvalue weighted by molar-refractivity contribution is 4.76. The van der Waals surface area contributed by atoms with Crippen LogP contribution in [0, 0.1) is 5.92 Å². The van der Waals surface area contributed by atoms with Crippen molar-refractivity contribution in [3.05, 3.63) is 0 Å². The first-order chi connectivity index (χ1) is 4.30. The number of alkyl halides is 1. The highest BCUT2D eigenvalue weighted by atomic mass is 19.1. The van der Waals surface area contributed by atoms with E-state index in [-0.39, 0.29) is 5.92 Å². The Labute approximate surface area is 56.6 Å². The topological polar surface area (TPSA) is 12.0 Å². The van der Waals surface area contributed by atoms with Gasteiger partial charge < -0.3 is 5.32 Å². The molecule has 1 N–H and O–H groups in total. The van der Waals surface area contributed by atoms with Crippen LogP contribution in [-0.4, -0.2) is 19.3 Å². The van der Waals surface area contributed by atoms with Gasteiger partial charge in [0.2, 0.25) is 0 Å². The van der Waals surface area contributed by atoms with Gasteiger partial charge in [0.25, 0.3) is 0 Å². The lowest BCUT2D eigenvalue weighted by Gasteiger charge is -1.99. The lowest BCUT2D eigenvalue weighted by atomic mass is 10.1. The molecule has 0 aromatic rings. The molecule has 1 rings (SSSR count). The van der Waals surface area contributed by atoms with E-state index in [1.54, 1.807) is 0 Å². The number of hydrogen-bond acceptors (Lipinski definition) is 1. The Bertz CT molecular complexity index is 57.9. The fourth-order valence-corrected chi connectivity index (χ4v) is 0.778. The molecular formula is C7H16FN. The molecule has 0 bridgehead atoms. The van der Waals surface area contributed by atoms with Gasteiger partial charge in [-0.1, -0.05) is 20.8 Å². The molecule has 56 valence electrons. The summed E-state index contributed by atoms with van der Waals surface area (Å²) in [5.41, 5.74) is 0. The van der Waals surface area contributed by atoms with Gasteiger partial charge in [0.1, 0.15) is 6.17 Å². The zero-order valence-corrected chi connectivity index (χ0v) is 6.45. The smallest absolute Gasteiger partial charge is 0.116 e. The SMILES string of the molecule is CC.CC1CNCC1F. The molecule has 1 saturated heterocycles. The van der Waals surface area contributed by atoms with Crippen LogP contribution in [-0.2, 0) is 0 Å². The quantitative estimate of drug-likeness (QED) is 0.529. The lowest BCUT2D eigenvalue weighted by molar-refractivity contribution is 0.298. The molecule has 2 unspecified atom stereocenters. The first-order valence-electron chi connectivity index (χ1n) is 3.65. The van der Waals surface area contributed by atoms with E-state index < -0.39 is 6.17 Å². The molecule has 1 fully saturated rings. The number of halogens is 1. The van der Waals surface area contributed by atoms with E-state index in [1.165, 1.54) is 0 Å². The zero-order chi connectivity index (χ0) is 7.28. The average Bonchev–Trinajstić information content (AvgIpc) is 2.23. The Morgan fingerprint density at radius 2 is 1.89 bits per heavy atom. The summed E-state index contributed by atoms with van der Waals surface area (Å²) in [4.78, 5) is 0. The molecule has 0 aliphatic carbocycles. The number of hydrogen-bond donors (Lipinski definition) is 1. The van der Waals surface area contributed by atoms with Gasteiger partial charge in [-0.2, -0.15) is 0 Å². The van der Waals surface area contributed by atoms with E-state index in [0.29, 0.717) is 6.54 Å². The first kappa shape index (κ1) is 8.89. The van der Waals surface area contributed by atoms with Crippen molar-refractivity contribution < 1.29 is 4.39 Å². The minimum atomic E-state index is -0.597. The van der Waals surface area contributed by atoms with Crippen molar-refractivity contribution in [3.8, 4) is 0 Å². The van der Waals surface area contributed by atoms with Crippen LogP contribution in [0.2, 0.25) is 0 Å². The number of rotatable bonds is 0. The van der Waals surface area contributed by atoms with Crippen molar-refractivity contribution in [3.63, 3.8) is 0 Å². The summed E-state index contributed by atoms with van der Waals surface area (Å²) in [7, 11) is 0. The third-order valence-electron chi connectivity index (χ3n) is 1.42. The van der Waals surface area contributed by atoms with Crippen LogP contribution in [0.4, 0.5) is 4.39 Å².